The zero-order valence-electron chi connectivity index (χ0n) is 19.5. The molecule has 0 atom stereocenters. The van der Waals surface area contributed by atoms with Gasteiger partial charge in [-0.1, -0.05) is 12.1 Å². The van der Waals surface area contributed by atoms with Crippen LogP contribution in [-0.4, -0.2) is 56.1 Å². The van der Waals surface area contributed by atoms with Crippen molar-refractivity contribution in [2.45, 2.75) is 25.4 Å². The van der Waals surface area contributed by atoms with Gasteiger partial charge in [0.2, 0.25) is 0 Å². The second-order valence-electron chi connectivity index (χ2n) is 8.02. The number of benzene rings is 2. The van der Waals surface area contributed by atoms with Gasteiger partial charge in [-0.25, -0.2) is 4.68 Å². The monoisotopic (exact) mass is 448 g/mol. The van der Waals surface area contributed by atoms with E-state index in [9.17, 15) is 0 Å². The van der Waals surface area contributed by atoms with Gasteiger partial charge in [0, 0.05) is 69.0 Å². The molecule has 2 heterocycles. The van der Waals surface area contributed by atoms with Gasteiger partial charge < -0.3 is 25.0 Å². The first-order chi connectivity index (χ1) is 16.2. The van der Waals surface area contributed by atoms with E-state index in [-0.39, 0.29) is 0 Å². The Bertz CT molecular complexity index is 1020. The summed E-state index contributed by atoms with van der Waals surface area (Å²) in [4.78, 5) is 6.79. The number of ether oxygens (including phenoxy) is 2. The van der Waals surface area contributed by atoms with Gasteiger partial charge in [-0.2, -0.15) is 5.10 Å². The summed E-state index contributed by atoms with van der Waals surface area (Å²) in [5, 5.41) is 11.3. The first-order valence-corrected chi connectivity index (χ1v) is 11.2. The van der Waals surface area contributed by atoms with Gasteiger partial charge >= 0.3 is 0 Å². The molecule has 1 saturated heterocycles. The molecule has 0 amide bonds. The molecule has 0 spiro atoms. The normalized spacial score (nSPS) is 14.8. The number of hydrogen-bond acceptors (Lipinski definition) is 5. The number of anilines is 1. The molecule has 1 fully saturated rings. The summed E-state index contributed by atoms with van der Waals surface area (Å²) in [6.07, 6.45) is 5.77. The number of aromatic nitrogens is 2. The number of guanidine groups is 1. The second-order valence-corrected chi connectivity index (χ2v) is 8.02. The minimum atomic E-state index is 0.377. The van der Waals surface area contributed by atoms with Crippen LogP contribution in [0, 0.1) is 0 Å². The van der Waals surface area contributed by atoms with Crippen LogP contribution >= 0.6 is 0 Å². The smallest absolute Gasteiger partial charge is 0.191 e. The second kappa shape index (κ2) is 10.8. The average molecular weight is 449 g/mol. The van der Waals surface area contributed by atoms with Gasteiger partial charge in [0.1, 0.15) is 11.5 Å². The van der Waals surface area contributed by atoms with Crippen LogP contribution in [0.1, 0.15) is 18.4 Å². The summed E-state index contributed by atoms with van der Waals surface area (Å²) >= 11 is 0. The van der Waals surface area contributed by atoms with E-state index < -0.39 is 0 Å². The number of aliphatic imine (C=N–C) groups is 1. The van der Waals surface area contributed by atoms with Crippen molar-refractivity contribution in [1.82, 2.24) is 20.4 Å². The maximum atomic E-state index is 5.42. The Kier molecular flexibility index (Phi) is 7.34. The van der Waals surface area contributed by atoms with E-state index in [1.54, 1.807) is 20.4 Å². The summed E-state index contributed by atoms with van der Waals surface area (Å²) in [5.74, 6) is 2.45. The molecule has 1 aromatic heterocycles. The van der Waals surface area contributed by atoms with Crippen LogP contribution in [0.25, 0.3) is 5.69 Å². The maximum absolute atomic E-state index is 5.42. The Morgan fingerprint density at radius 2 is 1.73 bits per heavy atom. The Balaban J connectivity index is 1.27. The SMILES string of the molecule is CN=C(NCc1ccc(-n2cccn2)cc1)NC1CCN(c2cc(OC)cc(OC)c2)CC1. The standard InChI is InChI=1S/C25H32N6O2/c1-26-25(27-18-19-5-7-21(8-6-19)31-12-4-11-28-31)29-20-9-13-30(14-10-20)22-15-23(32-2)17-24(16-22)33-3/h4-8,11-12,15-17,20H,9-10,13-14,18H2,1-3H3,(H2,26,27,29). The number of nitrogens with one attached hydrogen (secondary N) is 2. The zero-order valence-corrected chi connectivity index (χ0v) is 19.5. The molecule has 4 rings (SSSR count). The Morgan fingerprint density at radius 3 is 2.30 bits per heavy atom. The molecule has 0 saturated carbocycles. The lowest BCUT2D eigenvalue weighted by Crippen LogP contribution is -2.48. The fourth-order valence-electron chi connectivity index (χ4n) is 4.02. The summed E-state index contributed by atoms with van der Waals surface area (Å²) in [6.45, 7) is 2.63. The molecule has 0 bridgehead atoms. The van der Waals surface area contributed by atoms with Crippen LogP contribution in [0.5, 0.6) is 11.5 Å². The first kappa shape index (κ1) is 22.5. The van der Waals surface area contributed by atoms with Crippen LogP contribution in [0.4, 0.5) is 5.69 Å². The highest BCUT2D eigenvalue weighted by Gasteiger charge is 2.21. The largest absolute Gasteiger partial charge is 0.497 e. The molecule has 1 aliphatic rings. The number of methoxy groups -OCH3 is 2. The predicted molar refractivity (Wildman–Crippen MR) is 132 cm³/mol. The highest BCUT2D eigenvalue weighted by Crippen LogP contribution is 2.30. The number of piperidine rings is 1. The molecule has 2 N–H and O–H groups in total. The van der Waals surface area contributed by atoms with E-state index in [4.69, 9.17) is 9.47 Å². The van der Waals surface area contributed by atoms with Gasteiger partial charge in [0.15, 0.2) is 5.96 Å². The van der Waals surface area contributed by atoms with E-state index in [0.717, 1.165) is 54.8 Å². The van der Waals surface area contributed by atoms with Crippen molar-refractivity contribution in [3.05, 3.63) is 66.5 Å². The molecule has 2 aromatic carbocycles. The Hall–Kier alpha value is -3.68. The topological polar surface area (TPSA) is 75.9 Å². The summed E-state index contributed by atoms with van der Waals surface area (Å²) in [6, 6.07) is 16.7. The maximum Gasteiger partial charge on any atom is 0.191 e. The molecule has 174 valence electrons. The van der Waals surface area contributed by atoms with Crippen molar-refractivity contribution in [3.8, 4) is 17.2 Å². The van der Waals surface area contributed by atoms with E-state index >= 15 is 0 Å². The highest BCUT2D eigenvalue weighted by molar-refractivity contribution is 5.80. The third-order valence-corrected chi connectivity index (χ3v) is 5.93. The lowest BCUT2D eigenvalue weighted by Gasteiger charge is -2.34. The van der Waals surface area contributed by atoms with E-state index in [2.05, 4.69) is 62.0 Å². The fraction of sp³-hybridized carbons (Fsp3) is 0.360. The summed E-state index contributed by atoms with van der Waals surface area (Å²) in [7, 11) is 5.18. The van der Waals surface area contributed by atoms with Crippen LogP contribution in [0.3, 0.4) is 0 Å². The van der Waals surface area contributed by atoms with Crippen molar-refractivity contribution in [3.63, 3.8) is 0 Å². The molecule has 0 aliphatic carbocycles. The van der Waals surface area contributed by atoms with Gasteiger partial charge in [0.25, 0.3) is 0 Å². The van der Waals surface area contributed by atoms with Crippen molar-refractivity contribution in [2.24, 2.45) is 4.99 Å². The predicted octanol–water partition coefficient (Wildman–Crippen LogP) is 3.22. The molecular formula is C25H32N6O2. The van der Waals surface area contributed by atoms with Gasteiger partial charge in [-0.3, -0.25) is 4.99 Å². The minimum absolute atomic E-state index is 0.377. The lowest BCUT2D eigenvalue weighted by atomic mass is 10.0. The molecule has 8 heteroatoms. The van der Waals surface area contributed by atoms with Crippen molar-refractivity contribution in [2.75, 3.05) is 39.3 Å². The van der Waals surface area contributed by atoms with Gasteiger partial charge in [-0.15, -0.1) is 0 Å². The molecular weight excluding hydrogens is 416 g/mol. The van der Waals surface area contributed by atoms with Crippen molar-refractivity contribution < 1.29 is 9.47 Å². The molecule has 0 radical (unpaired) electrons. The molecule has 1 aliphatic heterocycles. The Morgan fingerprint density at radius 1 is 1.03 bits per heavy atom. The minimum Gasteiger partial charge on any atom is -0.497 e. The Labute approximate surface area is 195 Å². The molecule has 33 heavy (non-hydrogen) atoms. The van der Waals surface area contributed by atoms with Crippen LogP contribution in [0.2, 0.25) is 0 Å². The van der Waals surface area contributed by atoms with E-state index in [1.807, 2.05) is 30.1 Å². The molecule has 0 unspecified atom stereocenters. The van der Waals surface area contributed by atoms with Crippen molar-refractivity contribution in [1.29, 1.82) is 0 Å². The third kappa shape index (κ3) is 5.77. The number of nitrogens with zero attached hydrogens (tertiary/aromatic N) is 4. The number of hydrogen-bond donors (Lipinski definition) is 2. The lowest BCUT2D eigenvalue weighted by molar-refractivity contribution is 0.393. The fourth-order valence-corrected chi connectivity index (χ4v) is 4.02. The first-order valence-electron chi connectivity index (χ1n) is 11.2. The summed E-state index contributed by atoms with van der Waals surface area (Å²) in [5.41, 5.74) is 3.37. The highest BCUT2D eigenvalue weighted by atomic mass is 16.5. The van der Waals surface area contributed by atoms with Gasteiger partial charge in [0.05, 0.1) is 19.9 Å². The third-order valence-electron chi connectivity index (χ3n) is 5.93. The van der Waals surface area contributed by atoms with Crippen LogP contribution < -0.4 is 25.0 Å². The molecule has 3 aromatic rings. The van der Waals surface area contributed by atoms with Crippen LogP contribution in [-0.2, 0) is 6.54 Å². The van der Waals surface area contributed by atoms with E-state index in [1.165, 1.54) is 5.56 Å². The zero-order chi connectivity index (χ0) is 23.0. The summed E-state index contributed by atoms with van der Waals surface area (Å²) < 4.78 is 12.7. The quantitative estimate of drug-likeness (QED) is 0.427. The molecule has 8 nitrogen and oxygen atoms in total. The van der Waals surface area contributed by atoms with Crippen molar-refractivity contribution >= 4 is 11.6 Å². The van der Waals surface area contributed by atoms with Crippen LogP contribution in [0.15, 0.2) is 65.9 Å². The van der Waals surface area contributed by atoms with Gasteiger partial charge in [-0.05, 0) is 36.6 Å². The van der Waals surface area contributed by atoms with E-state index in [0.29, 0.717) is 12.6 Å². The average Bonchev–Trinajstić information content (AvgIpc) is 3.42. The number of rotatable bonds is 7.